The van der Waals surface area contributed by atoms with Gasteiger partial charge >= 0.3 is 5.69 Å². The topological polar surface area (TPSA) is 169 Å². The minimum Gasteiger partial charge on any atom is -0.383 e. The molecular formula is C28H35FN10O3. The summed E-state index contributed by atoms with van der Waals surface area (Å²) < 4.78 is 18.3. The van der Waals surface area contributed by atoms with Crippen LogP contribution in [0.3, 0.4) is 0 Å². The van der Waals surface area contributed by atoms with E-state index in [1.54, 1.807) is 12.1 Å². The fourth-order valence-corrected chi connectivity index (χ4v) is 5.03. The molecule has 1 aliphatic carbocycles. The van der Waals surface area contributed by atoms with Crippen LogP contribution in [0.5, 0.6) is 0 Å². The molecule has 13 nitrogen and oxygen atoms in total. The first-order chi connectivity index (χ1) is 20.5. The summed E-state index contributed by atoms with van der Waals surface area (Å²) in [5.41, 5.74) is 1.82. The first-order valence-electron chi connectivity index (χ1n) is 14.4. The molecule has 2 aromatic heterocycles. The zero-order valence-corrected chi connectivity index (χ0v) is 23.3. The third-order valence-corrected chi connectivity index (χ3v) is 7.21. The minimum atomic E-state index is -0.500. The molecule has 2 aromatic carbocycles. The van der Waals surface area contributed by atoms with Gasteiger partial charge in [0.1, 0.15) is 5.82 Å². The van der Waals surface area contributed by atoms with Gasteiger partial charge in [-0.2, -0.15) is 15.0 Å². The number of benzene rings is 2. The normalized spacial score (nSPS) is 13.6. The number of non-ortho nitro benzene ring substituents is 1. The lowest BCUT2D eigenvalue weighted by molar-refractivity contribution is -0.383. The second-order valence-electron chi connectivity index (χ2n) is 10.4. The Labute approximate surface area is 242 Å². The average Bonchev–Trinajstić information content (AvgIpc) is 3.48. The van der Waals surface area contributed by atoms with E-state index in [2.05, 4.69) is 46.5 Å². The number of nitrogens with one attached hydrogen (secondary N) is 4. The van der Waals surface area contributed by atoms with Crippen LogP contribution in [0.2, 0.25) is 0 Å². The molecule has 1 saturated carbocycles. The lowest BCUT2D eigenvalue weighted by atomic mass is 9.96. The van der Waals surface area contributed by atoms with Crippen LogP contribution in [0.15, 0.2) is 41.0 Å². The van der Waals surface area contributed by atoms with Crippen LogP contribution >= 0.6 is 0 Å². The number of nitrogens with zero attached hydrogens (tertiary/aromatic N) is 6. The van der Waals surface area contributed by atoms with Gasteiger partial charge in [-0.1, -0.05) is 44.2 Å². The molecule has 1 fully saturated rings. The van der Waals surface area contributed by atoms with Crippen molar-refractivity contribution in [1.82, 2.24) is 25.3 Å². The summed E-state index contributed by atoms with van der Waals surface area (Å²) in [6, 6.07) is 9.82. The number of aromatic nitrogens is 5. The van der Waals surface area contributed by atoms with Gasteiger partial charge in [-0.3, -0.25) is 10.1 Å². The summed E-state index contributed by atoms with van der Waals surface area (Å²) in [6.45, 7) is 1.80. The molecule has 5 rings (SSSR count). The fraction of sp³-hybridized carbons (Fsp3) is 0.464. The van der Waals surface area contributed by atoms with Gasteiger partial charge in [0.2, 0.25) is 23.4 Å². The molecule has 4 aromatic rings. The molecular weight excluding hydrogens is 543 g/mol. The zero-order chi connectivity index (χ0) is 29.1. The quantitative estimate of drug-likeness (QED) is 0.0750. The highest BCUT2D eigenvalue weighted by Gasteiger charge is 2.19. The Balaban J connectivity index is 1.08. The van der Waals surface area contributed by atoms with Crippen molar-refractivity contribution in [2.45, 2.75) is 70.4 Å². The zero-order valence-electron chi connectivity index (χ0n) is 23.3. The molecule has 0 spiro atoms. The number of nitro benzene ring substituents is 1. The maximum absolute atomic E-state index is 13.6. The number of unbranched alkanes of at least 4 members (excludes halogenated alkanes) is 3. The van der Waals surface area contributed by atoms with Crippen LogP contribution in [0.1, 0.15) is 63.4 Å². The van der Waals surface area contributed by atoms with Crippen molar-refractivity contribution in [3.05, 3.63) is 57.9 Å². The van der Waals surface area contributed by atoms with Crippen molar-refractivity contribution in [2.75, 3.05) is 34.4 Å². The smallest absolute Gasteiger partial charge is 0.300 e. The number of hydrogen-bond donors (Lipinski definition) is 4. The van der Waals surface area contributed by atoms with E-state index in [9.17, 15) is 14.5 Å². The molecule has 0 unspecified atom stereocenters. The van der Waals surface area contributed by atoms with E-state index in [4.69, 9.17) is 4.63 Å². The number of nitro groups is 1. The SMILES string of the molecule is O=[N+]([O-])c1ccc(NCCCCCCNc2nc(NCc3cccc(F)c3)nc(NC3CCCCC3)n2)c2nonc12. The van der Waals surface area contributed by atoms with Crippen molar-refractivity contribution < 1.29 is 13.9 Å². The highest BCUT2D eigenvalue weighted by Crippen LogP contribution is 2.28. The molecule has 1 aliphatic rings. The van der Waals surface area contributed by atoms with E-state index < -0.39 is 4.92 Å². The summed E-state index contributed by atoms with van der Waals surface area (Å²) in [7, 11) is 0. The van der Waals surface area contributed by atoms with Gasteiger partial charge in [0.05, 0.1) is 10.6 Å². The van der Waals surface area contributed by atoms with Gasteiger partial charge in [0.15, 0.2) is 5.52 Å². The van der Waals surface area contributed by atoms with Crippen molar-refractivity contribution in [3.63, 3.8) is 0 Å². The summed E-state index contributed by atoms with van der Waals surface area (Å²) in [5, 5.41) is 31.9. The Morgan fingerprint density at radius 1 is 0.857 bits per heavy atom. The van der Waals surface area contributed by atoms with Gasteiger partial charge in [0.25, 0.3) is 0 Å². The van der Waals surface area contributed by atoms with E-state index >= 15 is 0 Å². The van der Waals surface area contributed by atoms with Gasteiger partial charge in [0, 0.05) is 31.7 Å². The lowest BCUT2D eigenvalue weighted by Crippen LogP contribution is -2.24. The van der Waals surface area contributed by atoms with Crippen molar-refractivity contribution in [1.29, 1.82) is 0 Å². The Morgan fingerprint density at radius 2 is 1.57 bits per heavy atom. The predicted octanol–water partition coefficient (Wildman–Crippen LogP) is 5.90. The minimum absolute atomic E-state index is 0.131. The molecule has 14 heteroatoms. The van der Waals surface area contributed by atoms with Crippen LogP contribution in [-0.2, 0) is 6.54 Å². The molecule has 0 radical (unpaired) electrons. The maximum atomic E-state index is 13.6. The molecule has 0 saturated heterocycles. The molecule has 0 atom stereocenters. The van der Waals surface area contributed by atoms with Crippen LogP contribution in [0.4, 0.5) is 33.6 Å². The van der Waals surface area contributed by atoms with E-state index in [1.165, 1.54) is 37.5 Å². The first-order valence-corrected chi connectivity index (χ1v) is 14.4. The van der Waals surface area contributed by atoms with E-state index in [0.29, 0.717) is 54.7 Å². The van der Waals surface area contributed by atoms with E-state index in [-0.39, 0.29) is 17.0 Å². The van der Waals surface area contributed by atoms with Crippen LogP contribution in [0.25, 0.3) is 11.0 Å². The summed E-state index contributed by atoms with van der Waals surface area (Å²) >= 11 is 0. The van der Waals surface area contributed by atoms with Crippen LogP contribution < -0.4 is 21.3 Å². The number of fused-ring (bicyclic) bond motifs is 1. The van der Waals surface area contributed by atoms with Crippen molar-refractivity contribution in [3.8, 4) is 0 Å². The number of rotatable bonds is 15. The standard InChI is InChI=1S/C28H35FN10O3/c29-20-10-8-9-19(17-20)18-32-27-34-26(35-28(36-27)33-21-11-4-3-5-12-21)31-16-7-2-1-6-15-30-22-13-14-23(39(40)41)25-24(22)37-42-38-25/h8-10,13-14,17,21,30H,1-7,11-12,15-16,18H2,(H3,31,32,33,34,35,36). The third-order valence-electron chi connectivity index (χ3n) is 7.21. The average molecular weight is 579 g/mol. The van der Waals surface area contributed by atoms with Gasteiger partial charge < -0.3 is 21.3 Å². The second-order valence-corrected chi connectivity index (χ2v) is 10.4. The molecule has 0 aliphatic heterocycles. The van der Waals surface area contributed by atoms with Gasteiger partial charge in [-0.05, 0) is 59.8 Å². The summed E-state index contributed by atoms with van der Waals surface area (Å²) in [5.74, 6) is 1.19. The predicted molar refractivity (Wildman–Crippen MR) is 158 cm³/mol. The summed E-state index contributed by atoms with van der Waals surface area (Å²) in [4.78, 5) is 24.3. The highest BCUT2D eigenvalue weighted by molar-refractivity contribution is 5.93. The molecule has 4 N–H and O–H groups in total. The number of halogens is 1. The van der Waals surface area contributed by atoms with Crippen molar-refractivity contribution >= 4 is 40.3 Å². The lowest BCUT2D eigenvalue weighted by Gasteiger charge is -2.23. The van der Waals surface area contributed by atoms with Gasteiger partial charge in [-0.15, -0.1) is 0 Å². The highest BCUT2D eigenvalue weighted by atomic mass is 19.1. The van der Waals surface area contributed by atoms with E-state index in [0.717, 1.165) is 44.1 Å². The number of hydrogen-bond acceptors (Lipinski definition) is 12. The Hall–Kier alpha value is -4.62. The maximum Gasteiger partial charge on any atom is 0.300 e. The second kappa shape index (κ2) is 14.3. The van der Waals surface area contributed by atoms with Crippen LogP contribution in [-0.4, -0.2) is 49.3 Å². The molecule has 0 bridgehead atoms. The Bertz CT molecular complexity index is 1480. The largest absolute Gasteiger partial charge is 0.383 e. The first kappa shape index (κ1) is 28.9. The Kier molecular flexibility index (Phi) is 9.86. The van der Waals surface area contributed by atoms with E-state index in [1.807, 2.05) is 6.07 Å². The number of anilines is 4. The third kappa shape index (κ3) is 7.98. The fourth-order valence-electron chi connectivity index (χ4n) is 5.03. The molecule has 2 heterocycles. The van der Waals surface area contributed by atoms with Crippen molar-refractivity contribution in [2.24, 2.45) is 0 Å². The Morgan fingerprint density at radius 3 is 2.33 bits per heavy atom. The molecule has 42 heavy (non-hydrogen) atoms. The molecule has 222 valence electrons. The monoisotopic (exact) mass is 578 g/mol. The molecule has 0 amide bonds. The van der Waals surface area contributed by atoms with Crippen LogP contribution in [0, 0.1) is 15.9 Å². The summed E-state index contributed by atoms with van der Waals surface area (Å²) in [6.07, 6.45) is 9.69. The van der Waals surface area contributed by atoms with Gasteiger partial charge in [-0.25, -0.2) is 9.02 Å².